The average Bonchev–Trinajstić information content (AvgIpc) is 2.18. The minimum absolute atomic E-state index is 0.0819. The van der Waals surface area contributed by atoms with E-state index in [9.17, 15) is 17.6 Å². The van der Waals surface area contributed by atoms with Crippen molar-refractivity contribution in [2.45, 2.75) is 12.8 Å². The van der Waals surface area contributed by atoms with Crippen molar-refractivity contribution in [3.63, 3.8) is 0 Å². The van der Waals surface area contributed by atoms with E-state index in [1.54, 1.807) is 6.07 Å². The van der Waals surface area contributed by atoms with E-state index < -0.39 is 23.3 Å². The predicted molar refractivity (Wildman–Crippen MR) is 40.2 cm³/mol. The number of rotatable bonds is 2. The molecule has 74 valence electrons. The van der Waals surface area contributed by atoms with Crippen molar-refractivity contribution in [2.24, 2.45) is 0 Å². The Kier molecular flexibility index (Phi) is 3.07. The molecule has 14 heavy (non-hydrogen) atoms. The van der Waals surface area contributed by atoms with Crippen LogP contribution >= 0.6 is 0 Å². The van der Waals surface area contributed by atoms with Crippen LogP contribution in [0, 0.1) is 34.6 Å². The lowest BCUT2D eigenvalue weighted by Crippen LogP contribution is -2.01. The van der Waals surface area contributed by atoms with Crippen LogP contribution < -0.4 is 0 Å². The molecule has 0 N–H and O–H groups in total. The van der Waals surface area contributed by atoms with Gasteiger partial charge in [-0.1, -0.05) is 0 Å². The lowest BCUT2D eigenvalue weighted by molar-refractivity contribution is 0.404. The molecule has 0 bridgehead atoms. The van der Waals surface area contributed by atoms with Crippen LogP contribution in [0.4, 0.5) is 17.6 Å². The molecule has 0 amide bonds. The summed E-state index contributed by atoms with van der Waals surface area (Å²) in [6, 6.07) is 2.25. The summed E-state index contributed by atoms with van der Waals surface area (Å²) in [6.45, 7) is 0. The van der Waals surface area contributed by atoms with Crippen molar-refractivity contribution in [1.82, 2.24) is 0 Å². The molecule has 1 aromatic carbocycles. The molecule has 0 unspecified atom stereocenters. The molecule has 0 aliphatic rings. The van der Waals surface area contributed by atoms with Gasteiger partial charge in [-0.15, -0.1) is 0 Å². The molecule has 0 aliphatic heterocycles. The van der Waals surface area contributed by atoms with Gasteiger partial charge in [0.05, 0.1) is 6.07 Å². The number of nitriles is 1. The van der Waals surface area contributed by atoms with E-state index in [0.29, 0.717) is 6.07 Å². The van der Waals surface area contributed by atoms with Crippen LogP contribution in [0.25, 0.3) is 0 Å². The predicted octanol–water partition coefficient (Wildman–Crippen LogP) is 2.70. The van der Waals surface area contributed by atoms with Gasteiger partial charge >= 0.3 is 0 Å². The third-order valence-electron chi connectivity index (χ3n) is 1.68. The lowest BCUT2D eigenvalue weighted by atomic mass is 10.1. The van der Waals surface area contributed by atoms with Crippen molar-refractivity contribution in [1.29, 1.82) is 5.26 Å². The standard InChI is InChI=1S/C9H5F4N/c10-6-4-5(2-1-3-14)7(11)9(13)8(6)12/h4H,1-2H2. The maximum atomic E-state index is 12.9. The first kappa shape index (κ1) is 10.5. The van der Waals surface area contributed by atoms with Gasteiger partial charge in [-0.2, -0.15) is 5.26 Å². The zero-order chi connectivity index (χ0) is 10.7. The normalized spacial score (nSPS) is 9.93. The molecule has 1 aromatic rings. The van der Waals surface area contributed by atoms with E-state index >= 15 is 0 Å². The smallest absolute Gasteiger partial charge is 0.197 e. The van der Waals surface area contributed by atoms with Gasteiger partial charge in [0, 0.05) is 6.42 Å². The van der Waals surface area contributed by atoms with Crippen LogP contribution in [-0.2, 0) is 6.42 Å². The molecular weight excluding hydrogens is 198 g/mol. The fourth-order valence-corrected chi connectivity index (χ4v) is 0.994. The Morgan fingerprint density at radius 2 is 1.71 bits per heavy atom. The highest BCUT2D eigenvalue weighted by Gasteiger charge is 2.18. The highest BCUT2D eigenvalue weighted by atomic mass is 19.2. The number of benzene rings is 1. The number of halogens is 4. The Morgan fingerprint density at radius 1 is 1.07 bits per heavy atom. The van der Waals surface area contributed by atoms with E-state index in [1.807, 2.05) is 0 Å². The Balaban J connectivity index is 3.14. The van der Waals surface area contributed by atoms with Gasteiger partial charge in [0.1, 0.15) is 0 Å². The van der Waals surface area contributed by atoms with Gasteiger partial charge < -0.3 is 0 Å². The Morgan fingerprint density at radius 3 is 2.29 bits per heavy atom. The summed E-state index contributed by atoms with van der Waals surface area (Å²) in [5.74, 6) is -6.54. The highest BCUT2D eigenvalue weighted by molar-refractivity contribution is 5.22. The van der Waals surface area contributed by atoms with Crippen molar-refractivity contribution in [3.8, 4) is 6.07 Å². The number of aryl methyl sites for hydroxylation is 1. The highest BCUT2D eigenvalue weighted by Crippen LogP contribution is 2.19. The Bertz CT molecular complexity index is 395. The second-order valence-electron chi connectivity index (χ2n) is 2.62. The fourth-order valence-electron chi connectivity index (χ4n) is 0.994. The summed E-state index contributed by atoms with van der Waals surface area (Å²) < 4.78 is 50.5. The number of hydrogen-bond donors (Lipinski definition) is 0. The minimum atomic E-state index is -1.84. The molecule has 0 atom stereocenters. The number of hydrogen-bond acceptors (Lipinski definition) is 1. The van der Waals surface area contributed by atoms with Crippen molar-refractivity contribution < 1.29 is 17.6 Å². The van der Waals surface area contributed by atoms with Gasteiger partial charge in [-0.25, -0.2) is 17.6 Å². The van der Waals surface area contributed by atoms with E-state index in [2.05, 4.69) is 0 Å². The molecule has 5 heteroatoms. The topological polar surface area (TPSA) is 23.8 Å². The van der Waals surface area contributed by atoms with Crippen LogP contribution in [0.5, 0.6) is 0 Å². The lowest BCUT2D eigenvalue weighted by Gasteiger charge is -2.03. The molecule has 0 radical (unpaired) electrons. The molecule has 0 heterocycles. The van der Waals surface area contributed by atoms with Crippen LogP contribution in [0.2, 0.25) is 0 Å². The first-order valence-electron chi connectivity index (χ1n) is 3.76. The largest absolute Gasteiger partial charge is 0.204 e. The van der Waals surface area contributed by atoms with Crippen molar-refractivity contribution >= 4 is 0 Å². The van der Waals surface area contributed by atoms with Crippen molar-refractivity contribution in [2.75, 3.05) is 0 Å². The van der Waals surface area contributed by atoms with Gasteiger partial charge in [0.25, 0.3) is 0 Å². The molecule has 0 aliphatic carbocycles. The van der Waals surface area contributed by atoms with Crippen molar-refractivity contribution in [3.05, 3.63) is 34.9 Å². The number of nitrogens with zero attached hydrogens (tertiary/aromatic N) is 1. The SMILES string of the molecule is N#CCCc1cc(F)c(F)c(F)c1F. The molecule has 0 aromatic heterocycles. The van der Waals surface area contributed by atoms with Crippen LogP contribution in [0.3, 0.4) is 0 Å². The van der Waals surface area contributed by atoms with E-state index in [1.165, 1.54) is 0 Å². The summed E-state index contributed by atoms with van der Waals surface area (Å²) in [7, 11) is 0. The second-order valence-corrected chi connectivity index (χ2v) is 2.62. The molecule has 0 saturated carbocycles. The zero-order valence-electron chi connectivity index (χ0n) is 6.95. The summed E-state index contributed by atoms with van der Waals surface area (Å²) in [5.41, 5.74) is -0.331. The van der Waals surface area contributed by atoms with Gasteiger partial charge in [0.15, 0.2) is 23.3 Å². The Hall–Kier alpha value is -1.57. The maximum absolute atomic E-state index is 12.9. The summed E-state index contributed by atoms with van der Waals surface area (Å²) in [5, 5.41) is 8.18. The molecule has 1 nitrogen and oxygen atoms in total. The molecular formula is C9H5F4N. The monoisotopic (exact) mass is 203 g/mol. The van der Waals surface area contributed by atoms with Gasteiger partial charge in [0.2, 0.25) is 0 Å². The van der Waals surface area contributed by atoms with Crippen LogP contribution in [-0.4, -0.2) is 0 Å². The zero-order valence-corrected chi connectivity index (χ0v) is 6.95. The fraction of sp³-hybridized carbons (Fsp3) is 0.222. The van der Waals surface area contributed by atoms with Gasteiger partial charge in [-0.3, -0.25) is 0 Å². The molecule has 0 spiro atoms. The average molecular weight is 203 g/mol. The van der Waals surface area contributed by atoms with Crippen LogP contribution in [0.15, 0.2) is 6.07 Å². The molecule has 0 saturated heterocycles. The quantitative estimate of drug-likeness (QED) is 0.412. The first-order valence-corrected chi connectivity index (χ1v) is 3.76. The summed E-state index contributed by atoms with van der Waals surface area (Å²) >= 11 is 0. The molecule has 1 rings (SSSR count). The Labute approximate surface area is 77.6 Å². The van der Waals surface area contributed by atoms with E-state index in [0.717, 1.165) is 0 Å². The van der Waals surface area contributed by atoms with Crippen LogP contribution in [0.1, 0.15) is 12.0 Å². The second kappa shape index (κ2) is 4.09. The molecule has 0 fully saturated rings. The summed E-state index contributed by atoms with van der Waals surface area (Å²) in [6.07, 6.45) is -0.224. The maximum Gasteiger partial charge on any atom is 0.197 e. The van der Waals surface area contributed by atoms with E-state index in [4.69, 9.17) is 5.26 Å². The summed E-state index contributed by atoms with van der Waals surface area (Å²) in [4.78, 5) is 0. The van der Waals surface area contributed by atoms with Gasteiger partial charge in [-0.05, 0) is 18.1 Å². The third-order valence-corrected chi connectivity index (χ3v) is 1.68. The van der Waals surface area contributed by atoms with E-state index in [-0.39, 0.29) is 18.4 Å². The minimum Gasteiger partial charge on any atom is -0.204 e. The first-order chi connectivity index (χ1) is 6.57. The third kappa shape index (κ3) is 1.84.